The largest absolute Gasteiger partial charge is 0.380 e. The number of aromatic nitrogens is 1. The summed E-state index contributed by atoms with van der Waals surface area (Å²) in [6.07, 6.45) is 3.48. The summed E-state index contributed by atoms with van der Waals surface area (Å²) in [4.78, 5) is 16.0. The lowest BCUT2D eigenvalue weighted by Crippen LogP contribution is -2.41. The number of thiazole rings is 1. The first-order valence-corrected chi connectivity index (χ1v) is 6.60. The first-order chi connectivity index (χ1) is 8.29. The van der Waals surface area contributed by atoms with Crippen LogP contribution in [-0.2, 0) is 16.0 Å². The molecule has 1 aromatic heterocycles. The summed E-state index contributed by atoms with van der Waals surface area (Å²) in [5, 5.41) is 9.07. The minimum atomic E-state index is -0.115. The first kappa shape index (κ1) is 12.5. The van der Waals surface area contributed by atoms with E-state index in [0.29, 0.717) is 6.54 Å². The smallest absolute Gasteiger partial charge is 0.237 e. The molecule has 0 aromatic carbocycles. The highest BCUT2D eigenvalue weighted by molar-refractivity contribution is 7.09. The van der Waals surface area contributed by atoms with Gasteiger partial charge in [-0.1, -0.05) is 0 Å². The molecule has 6 heteroatoms. The number of hydrogen-bond acceptors (Lipinski definition) is 5. The molecule has 1 aromatic rings. The van der Waals surface area contributed by atoms with Gasteiger partial charge in [0, 0.05) is 38.2 Å². The Labute approximate surface area is 105 Å². The Morgan fingerprint density at radius 3 is 3.29 bits per heavy atom. The maximum absolute atomic E-state index is 11.8. The summed E-state index contributed by atoms with van der Waals surface area (Å²) in [6.45, 7) is 1.39. The zero-order valence-electron chi connectivity index (χ0n) is 9.81. The van der Waals surface area contributed by atoms with Crippen molar-refractivity contribution in [1.29, 1.82) is 0 Å². The van der Waals surface area contributed by atoms with Crippen molar-refractivity contribution in [1.82, 2.24) is 15.6 Å². The molecular formula is C11H17N3O2S. The third-order valence-corrected chi connectivity index (χ3v) is 3.70. The van der Waals surface area contributed by atoms with Crippen LogP contribution in [0.4, 0.5) is 0 Å². The van der Waals surface area contributed by atoms with Crippen LogP contribution in [0.2, 0.25) is 0 Å². The monoisotopic (exact) mass is 255 g/mol. The van der Waals surface area contributed by atoms with Crippen molar-refractivity contribution < 1.29 is 9.53 Å². The van der Waals surface area contributed by atoms with Gasteiger partial charge in [0.2, 0.25) is 5.91 Å². The molecule has 2 heterocycles. The summed E-state index contributed by atoms with van der Waals surface area (Å²) in [5.41, 5.74) is 0. The zero-order valence-corrected chi connectivity index (χ0v) is 10.6. The lowest BCUT2D eigenvalue weighted by molar-refractivity contribution is -0.122. The summed E-state index contributed by atoms with van der Waals surface area (Å²) < 4.78 is 5.20. The van der Waals surface area contributed by atoms with E-state index in [0.717, 1.165) is 24.4 Å². The van der Waals surface area contributed by atoms with E-state index in [4.69, 9.17) is 4.74 Å². The molecule has 1 aliphatic heterocycles. The van der Waals surface area contributed by atoms with Gasteiger partial charge in [0.05, 0.1) is 17.2 Å². The highest BCUT2D eigenvalue weighted by atomic mass is 32.1. The van der Waals surface area contributed by atoms with Crippen LogP contribution in [0.5, 0.6) is 0 Å². The Morgan fingerprint density at radius 2 is 2.65 bits per heavy atom. The van der Waals surface area contributed by atoms with E-state index in [1.165, 1.54) is 0 Å². The van der Waals surface area contributed by atoms with Gasteiger partial charge >= 0.3 is 0 Å². The molecule has 0 radical (unpaired) electrons. The van der Waals surface area contributed by atoms with Crippen LogP contribution in [0.15, 0.2) is 11.6 Å². The number of nitrogens with zero attached hydrogens (tertiary/aromatic N) is 1. The molecule has 1 fully saturated rings. The lowest BCUT2D eigenvalue weighted by Gasteiger charge is -2.10. The van der Waals surface area contributed by atoms with E-state index in [1.54, 1.807) is 24.6 Å². The number of methoxy groups -OCH3 is 1. The molecule has 0 bridgehead atoms. The Balaban J connectivity index is 1.67. The van der Waals surface area contributed by atoms with Crippen molar-refractivity contribution in [3.8, 4) is 0 Å². The molecule has 0 saturated carbocycles. The third-order valence-electron chi connectivity index (χ3n) is 2.86. The fourth-order valence-corrected chi connectivity index (χ4v) is 2.50. The minimum absolute atomic E-state index is 0.0566. The number of carbonyl (C=O) groups excluding carboxylic acids is 1. The van der Waals surface area contributed by atoms with Gasteiger partial charge in [0.15, 0.2) is 0 Å². The molecule has 0 spiro atoms. The van der Waals surface area contributed by atoms with Gasteiger partial charge in [-0.05, 0) is 6.42 Å². The molecule has 2 unspecified atom stereocenters. The third kappa shape index (κ3) is 3.49. The molecule has 94 valence electrons. The van der Waals surface area contributed by atoms with E-state index < -0.39 is 0 Å². The molecule has 2 rings (SSSR count). The highest BCUT2D eigenvalue weighted by Gasteiger charge is 2.28. The molecule has 0 aliphatic carbocycles. The molecule has 5 nitrogen and oxygen atoms in total. The Hall–Kier alpha value is -0.980. The molecule has 2 atom stereocenters. The van der Waals surface area contributed by atoms with Crippen molar-refractivity contribution in [3.63, 3.8) is 0 Å². The predicted octanol–water partition coefficient (Wildman–Crippen LogP) is 0.179. The van der Waals surface area contributed by atoms with Crippen LogP contribution in [0.1, 0.15) is 11.4 Å². The maximum Gasteiger partial charge on any atom is 0.237 e. The normalized spacial score (nSPS) is 23.8. The summed E-state index contributed by atoms with van der Waals surface area (Å²) in [6, 6.07) is -0.115. The quantitative estimate of drug-likeness (QED) is 0.788. The van der Waals surface area contributed by atoms with Gasteiger partial charge in [0.1, 0.15) is 0 Å². The average Bonchev–Trinajstić information content (AvgIpc) is 2.99. The standard InChI is InChI=1S/C11H17N3O2S/c1-16-8-6-9(14-7-8)11(15)13-3-2-10-12-4-5-17-10/h4-5,8-9,14H,2-3,6-7H2,1H3,(H,13,15). The van der Waals surface area contributed by atoms with Gasteiger partial charge < -0.3 is 15.4 Å². The minimum Gasteiger partial charge on any atom is -0.380 e. The van der Waals surface area contributed by atoms with Crippen molar-refractivity contribution in [3.05, 3.63) is 16.6 Å². The SMILES string of the molecule is COC1CNC(C(=O)NCCc2nccs2)C1. The number of ether oxygens (including phenoxy) is 1. The Bertz CT molecular complexity index is 356. The number of rotatable bonds is 5. The van der Waals surface area contributed by atoms with E-state index >= 15 is 0 Å². The molecule has 1 aliphatic rings. The molecule has 1 saturated heterocycles. The fourth-order valence-electron chi connectivity index (χ4n) is 1.87. The molecule has 17 heavy (non-hydrogen) atoms. The van der Waals surface area contributed by atoms with Gasteiger partial charge in [0.25, 0.3) is 0 Å². The maximum atomic E-state index is 11.8. The van der Waals surface area contributed by atoms with Crippen LogP contribution >= 0.6 is 11.3 Å². The van der Waals surface area contributed by atoms with Crippen LogP contribution in [0.25, 0.3) is 0 Å². The Kier molecular flexibility index (Phi) is 4.47. The van der Waals surface area contributed by atoms with Crippen molar-refractivity contribution in [2.24, 2.45) is 0 Å². The number of amides is 1. The van der Waals surface area contributed by atoms with E-state index in [9.17, 15) is 4.79 Å². The van der Waals surface area contributed by atoms with Gasteiger partial charge in [-0.15, -0.1) is 11.3 Å². The van der Waals surface area contributed by atoms with Crippen LogP contribution < -0.4 is 10.6 Å². The second-order valence-electron chi connectivity index (χ2n) is 4.02. The molecule has 1 amide bonds. The van der Waals surface area contributed by atoms with Crippen molar-refractivity contribution in [2.75, 3.05) is 20.2 Å². The van der Waals surface area contributed by atoms with E-state index in [-0.39, 0.29) is 18.1 Å². The van der Waals surface area contributed by atoms with Crippen LogP contribution in [-0.4, -0.2) is 43.2 Å². The number of hydrogen-bond donors (Lipinski definition) is 2. The summed E-state index contributed by atoms with van der Waals surface area (Å²) in [7, 11) is 1.68. The number of nitrogens with one attached hydrogen (secondary N) is 2. The fraction of sp³-hybridized carbons (Fsp3) is 0.636. The average molecular weight is 255 g/mol. The topological polar surface area (TPSA) is 63.2 Å². The number of carbonyl (C=O) groups is 1. The second kappa shape index (κ2) is 6.09. The molecule has 2 N–H and O–H groups in total. The van der Waals surface area contributed by atoms with Gasteiger partial charge in [-0.2, -0.15) is 0 Å². The van der Waals surface area contributed by atoms with Crippen LogP contribution in [0.3, 0.4) is 0 Å². The lowest BCUT2D eigenvalue weighted by atomic mass is 10.2. The van der Waals surface area contributed by atoms with Gasteiger partial charge in [-0.3, -0.25) is 4.79 Å². The van der Waals surface area contributed by atoms with E-state index in [1.807, 2.05) is 5.38 Å². The summed E-state index contributed by atoms with van der Waals surface area (Å²) in [5.74, 6) is 0.0566. The zero-order chi connectivity index (χ0) is 12.1. The first-order valence-electron chi connectivity index (χ1n) is 5.72. The molecular weight excluding hydrogens is 238 g/mol. The van der Waals surface area contributed by atoms with E-state index in [2.05, 4.69) is 15.6 Å². The van der Waals surface area contributed by atoms with Crippen molar-refractivity contribution in [2.45, 2.75) is 25.0 Å². The van der Waals surface area contributed by atoms with Crippen molar-refractivity contribution >= 4 is 17.2 Å². The second-order valence-corrected chi connectivity index (χ2v) is 5.00. The summed E-state index contributed by atoms with van der Waals surface area (Å²) >= 11 is 1.61. The van der Waals surface area contributed by atoms with Crippen LogP contribution in [0, 0.1) is 0 Å². The predicted molar refractivity (Wildman–Crippen MR) is 66.0 cm³/mol. The van der Waals surface area contributed by atoms with Gasteiger partial charge in [-0.25, -0.2) is 4.98 Å². The Morgan fingerprint density at radius 1 is 1.76 bits per heavy atom. The highest BCUT2D eigenvalue weighted by Crippen LogP contribution is 2.09.